The largest absolute Gasteiger partial charge is 0.356 e. The van der Waals surface area contributed by atoms with Crippen LogP contribution >= 0.6 is 23.4 Å². The van der Waals surface area contributed by atoms with Crippen molar-refractivity contribution in [3.63, 3.8) is 0 Å². The van der Waals surface area contributed by atoms with Crippen LogP contribution in [-0.4, -0.2) is 35.1 Å². The molecule has 23 heavy (non-hydrogen) atoms. The molecule has 4 nitrogen and oxygen atoms in total. The molecule has 1 aromatic heterocycles. The average molecular weight is 350 g/mol. The third kappa shape index (κ3) is 3.56. The van der Waals surface area contributed by atoms with E-state index in [1.54, 1.807) is 11.8 Å². The molecular weight excluding hydrogens is 330 g/mol. The fourth-order valence-electron chi connectivity index (χ4n) is 3.03. The van der Waals surface area contributed by atoms with Crippen molar-refractivity contribution in [3.05, 3.63) is 41.0 Å². The minimum atomic E-state index is 0.228. The Kier molecular flexibility index (Phi) is 5.28. The molecule has 0 N–H and O–H groups in total. The van der Waals surface area contributed by atoms with Gasteiger partial charge >= 0.3 is 0 Å². The summed E-state index contributed by atoms with van der Waals surface area (Å²) in [4.78, 5) is 6.75. The molecule has 1 aliphatic rings. The Morgan fingerprint density at radius 2 is 2.26 bits per heavy atom. The van der Waals surface area contributed by atoms with Crippen LogP contribution in [0.4, 0.5) is 0 Å². The Bertz CT molecular complexity index is 701. The Hall–Kier alpha value is -1.46. The van der Waals surface area contributed by atoms with Crippen molar-refractivity contribution in [3.8, 4) is 11.3 Å². The zero-order valence-electron chi connectivity index (χ0n) is 13.3. The number of hydrogen-bond acceptors (Lipinski definition) is 4. The zero-order chi connectivity index (χ0) is 16.2. The number of nitrogens with zero attached hydrogens (tertiary/aromatic N) is 3. The number of amidine groups is 1. The van der Waals surface area contributed by atoms with Crippen LogP contribution in [0.25, 0.3) is 11.3 Å². The molecule has 0 spiro atoms. The molecule has 122 valence electrons. The number of halogens is 1. The standard InChI is InChI=1S/C17H20ClN3OS/c1-19-17(23-2)21-9-4-3-8-15(21)14-11-16(22-20-14)12-6-5-7-13(18)10-12/h5-7,10-11,15H,3-4,8-9H2,1-2H3/t15-/m1/s1. The number of piperidine rings is 1. The summed E-state index contributed by atoms with van der Waals surface area (Å²) in [7, 11) is 1.84. The van der Waals surface area contributed by atoms with E-state index >= 15 is 0 Å². The molecule has 1 fully saturated rings. The van der Waals surface area contributed by atoms with Gasteiger partial charge in [0, 0.05) is 30.2 Å². The number of aromatic nitrogens is 1. The first-order chi connectivity index (χ1) is 11.2. The Morgan fingerprint density at radius 3 is 3.00 bits per heavy atom. The summed E-state index contributed by atoms with van der Waals surface area (Å²) in [6.45, 7) is 1.01. The van der Waals surface area contributed by atoms with Crippen LogP contribution in [0.15, 0.2) is 39.8 Å². The third-order valence-corrected chi connectivity index (χ3v) is 5.12. The molecule has 0 saturated carbocycles. The summed E-state index contributed by atoms with van der Waals surface area (Å²) in [5.41, 5.74) is 1.92. The number of hydrogen-bond donors (Lipinski definition) is 0. The van der Waals surface area contributed by atoms with Crippen molar-refractivity contribution < 1.29 is 4.52 Å². The SMILES string of the molecule is CN=C(SC)N1CCCC[C@@H]1c1cc(-c2cccc(Cl)c2)on1. The second-order valence-electron chi connectivity index (χ2n) is 5.54. The molecule has 0 radical (unpaired) electrons. The fourth-order valence-corrected chi connectivity index (χ4v) is 3.85. The summed E-state index contributed by atoms with van der Waals surface area (Å²) in [6.07, 6.45) is 5.52. The Morgan fingerprint density at radius 1 is 1.39 bits per heavy atom. The maximum Gasteiger partial charge on any atom is 0.167 e. The first-order valence-electron chi connectivity index (χ1n) is 7.73. The summed E-state index contributed by atoms with van der Waals surface area (Å²) < 4.78 is 5.57. The minimum absolute atomic E-state index is 0.228. The predicted octanol–water partition coefficient (Wildman–Crippen LogP) is 4.87. The predicted molar refractivity (Wildman–Crippen MR) is 97.1 cm³/mol. The van der Waals surface area contributed by atoms with Gasteiger partial charge in [-0.25, -0.2) is 0 Å². The lowest BCUT2D eigenvalue weighted by molar-refractivity contribution is 0.237. The molecule has 1 atom stereocenters. The van der Waals surface area contributed by atoms with Gasteiger partial charge in [-0.15, -0.1) is 0 Å². The van der Waals surface area contributed by atoms with Gasteiger partial charge in [0.2, 0.25) is 0 Å². The van der Waals surface area contributed by atoms with Crippen molar-refractivity contribution in [2.75, 3.05) is 19.8 Å². The first-order valence-corrected chi connectivity index (χ1v) is 9.33. The number of likely N-dealkylation sites (tertiary alicyclic amines) is 1. The van der Waals surface area contributed by atoms with Gasteiger partial charge in [0.05, 0.1) is 6.04 Å². The summed E-state index contributed by atoms with van der Waals surface area (Å²) >= 11 is 7.74. The lowest BCUT2D eigenvalue weighted by atomic mass is 9.99. The minimum Gasteiger partial charge on any atom is -0.356 e. The third-order valence-electron chi connectivity index (χ3n) is 4.10. The average Bonchev–Trinajstić information content (AvgIpc) is 3.06. The second kappa shape index (κ2) is 7.41. The molecule has 2 aromatic rings. The molecule has 0 unspecified atom stereocenters. The maximum absolute atomic E-state index is 6.06. The van der Waals surface area contributed by atoms with E-state index in [0.717, 1.165) is 35.2 Å². The monoisotopic (exact) mass is 349 g/mol. The van der Waals surface area contributed by atoms with Crippen molar-refractivity contribution in [2.24, 2.45) is 4.99 Å². The molecule has 1 saturated heterocycles. The van der Waals surface area contributed by atoms with Gasteiger partial charge in [0.1, 0.15) is 5.69 Å². The van der Waals surface area contributed by atoms with E-state index in [2.05, 4.69) is 21.3 Å². The van der Waals surface area contributed by atoms with E-state index in [4.69, 9.17) is 16.1 Å². The van der Waals surface area contributed by atoms with Crippen LogP contribution in [0.5, 0.6) is 0 Å². The van der Waals surface area contributed by atoms with Crippen LogP contribution in [-0.2, 0) is 0 Å². The Balaban J connectivity index is 1.88. The molecule has 0 amide bonds. The van der Waals surface area contributed by atoms with E-state index in [1.807, 2.05) is 37.4 Å². The molecular formula is C17H20ClN3OS. The summed E-state index contributed by atoms with van der Waals surface area (Å²) in [5, 5.41) is 6.08. The topological polar surface area (TPSA) is 41.6 Å². The van der Waals surface area contributed by atoms with Crippen molar-refractivity contribution in [1.82, 2.24) is 10.1 Å². The van der Waals surface area contributed by atoms with Crippen molar-refractivity contribution in [1.29, 1.82) is 0 Å². The fraction of sp³-hybridized carbons (Fsp3) is 0.412. The van der Waals surface area contributed by atoms with Gasteiger partial charge in [-0.3, -0.25) is 4.99 Å². The molecule has 1 aromatic carbocycles. The highest BCUT2D eigenvalue weighted by atomic mass is 35.5. The lowest BCUT2D eigenvalue weighted by Gasteiger charge is -2.36. The van der Waals surface area contributed by atoms with Crippen LogP contribution in [0.2, 0.25) is 5.02 Å². The first kappa shape index (κ1) is 16.4. The van der Waals surface area contributed by atoms with Crippen LogP contribution in [0, 0.1) is 0 Å². The van der Waals surface area contributed by atoms with Crippen LogP contribution < -0.4 is 0 Å². The molecule has 0 bridgehead atoms. The van der Waals surface area contributed by atoms with Gasteiger partial charge in [-0.05, 0) is 37.7 Å². The highest BCUT2D eigenvalue weighted by molar-refractivity contribution is 8.13. The van der Waals surface area contributed by atoms with Crippen molar-refractivity contribution >= 4 is 28.5 Å². The van der Waals surface area contributed by atoms with Gasteiger partial charge in [-0.1, -0.05) is 40.7 Å². The molecule has 3 rings (SSSR count). The second-order valence-corrected chi connectivity index (χ2v) is 6.75. The zero-order valence-corrected chi connectivity index (χ0v) is 14.9. The van der Waals surface area contributed by atoms with E-state index in [-0.39, 0.29) is 6.04 Å². The maximum atomic E-state index is 6.06. The summed E-state index contributed by atoms with van der Waals surface area (Å²) in [6, 6.07) is 9.91. The highest BCUT2D eigenvalue weighted by Gasteiger charge is 2.29. The molecule has 2 heterocycles. The van der Waals surface area contributed by atoms with E-state index < -0.39 is 0 Å². The number of benzene rings is 1. The van der Waals surface area contributed by atoms with E-state index in [9.17, 15) is 0 Å². The summed E-state index contributed by atoms with van der Waals surface area (Å²) in [5.74, 6) is 0.757. The highest BCUT2D eigenvalue weighted by Crippen LogP contribution is 2.34. The normalized spacial score (nSPS) is 19.2. The van der Waals surface area contributed by atoms with Gasteiger partial charge in [0.15, 0.2) is 10.9 Å². The van der Waals surface area contributed by atoms with Gasteiger partial charge < -0.3 is 9.42 Å². The van der Waals surface area contributed by atoms with E-state index in [0.29, 0.717) is 5.02 Å². The molecule has 0 aliphatic carbocycles. The van der Waals surface area contributed by atoms with Crippen molar-refractivity contribution in [2.45, 2.75) is 25.3 Å². The van der Waals surface area contributed by atoms with Gasteiger partial charge in [0.25, 0.3) is 0 Å². The molecule has 1 aliphatic heterocycles. The van der Waals surface area contributed by atoms with Gasteiger partial charge in [-0.2, -0.15) is 0 Å². The number of thioether (sulfide) groups is 1. The van der Waals surface area contributed by atoms with E-state index in [1.165, 1.54) is 12.8 Å². The van der Waals surface area contributed by atoms with Crippen LogP contribution in [0.1, 0.15) is 31.0 Å². The number of aliphatic imine (C=N–C) groups is 1. The quantitative estimate of drug-likeness (QED) is 0.573. The number of rotatable bonds is 2. The van der Waals surface area contributed by atoms with Crippen LogP contribution in [0.3, 0.4) is 0 Å². The molecule has 6 heteroatoms. The lowest BCUT2D eigenvalue weighted by Crippen LogP contribution is -2.37. The Labute approximate surface area is 145 Å². The smallest absolute Gasteiger partial charge is 0.167 e.